The Hall–Kier alpha value is -0.320. The van der Waals surface area contributed by atoms with Gasteiger partial charge in [-0.05, 0) is 19.3 Å². The van der Waals surface area contributed by atoms with E-state index < -0.39 is 57.7 Å². The van der Waals surface area contributed by atoms with Crippen LogP contribution in [0.15, 0.2) is 5.16 Å². The fourth-order valence-corrected chi connectivity index (χ4v) is 4.75. The molecule has 1 unspecified atom stereocenters. The third kappa shape index (κ3) is 10.8. The van der Waals surface area contributed by atoms with Gasteiger partial charge < -0.3 is 25.2 Å². The van der Waals surface area contributed by atoms with Crippen molar-refractivity contribution in [3.05, 3.63) is 0 Å². The highest BCUT2D eigenvalue weighted by atomic mass is 32.3. The predicted molar refractivity (Wildman–Crippen MR) is 113 cm³/mol. The molecule has 0 bridgehead atoms. The summed E-state index contributed by atoms with van der Waals surface area (Å²) in [6.07, 6.45) is 1.35. The van der Waals surface area contributed by atoms with Crippen LogP contribution >= 0.6 is 11.8 Å². The fourth-order valence-electron chi connectivity index (χ4n) is 2.80. The van der Waals surface area contributed by atoms with E-state index in [1.165, 1.54) is 0 Å². The fraction of sp³-hybridized carbons (Fsp3) is 0.938. The van der Waals surface area contributed by atoms with E-state index in [-0.39, 0.29) is 11.5 Å². The Morgan fingerprint density at radius 3 is 2.23 bits per heavy atom. The molecule has 0 aromatic rings. The molecule has 14 heteroatoms. The average molecular weight is 494 g/mol. The maximum absolute atomic E-state index is 11.0. The Balaban J connectivity index is 2.58. The first-order valence-corrected chi connectivity index (χ1v) is 13.5. The van der Waals surface area contributed by atoms with Crippen molar-refractivity contribution in [1.82, 2.24) is 0 Å². The highest BCUT2D eigenvalue weighted by Gasteiger charge is 2.44. The zero-order chi connectivity index (χ0) is 22.7. The molecule has 0 saturated carbocycles. The minimum absolute atomic E-state index is 0.0957. The molecule has 6 atom stereocenters. The smallest absolute Gasteiger partial charge is 0.394 e. The number of aliphatic hydroxyl groups excluding tert-OH is 4. The Morgan fingerprint density at radius 2 is 1.67 bits per heavy atom. The molecule has 1 fully saturated rings. The quantitative estimate of drug-likeness (QED) is 0.0750. The molecule has 1 aliphatic heterocycles. The van der Waals surface area contributed by atoms with Crippen LogP contribution in [0.2, 0.25) is 0 Å². The van der Waals surface area contributed by atoms with Gasteiger partial charge in [0.25, 0.3) is 0 Å². The number of rotatable bonds is 13. The van der Waals surface area contributed by atoms with Crippen LogP contribution in [-0.2, 0) is 30.2 Å². The van der Waals surface area contributed by atoms with Gasteiger partial charge in [-0.15, -0.1) is 0 Å². The number of thioether (sulfide) groups is 1. The van der Waals surface area contributed by atoms with Crippen LogP contribution in [0, 0.1) is 0 Å². The van der Waals surface area contributed by atoms with Crippen molar-refractivity contribution in [1.29, 1.82) is 0 Å². The molecule has 11 nitrogen and oxygen atoms in total. The molecule has 1 rings (SSSR count). The summed E-state index contributed by atoms with van der Waals surface area (Å²) in [5, 5.41) is 42.5. The second kappa shape index (κ2) is 14.0. The second-order valence-corrected chi connectivity index (χ2v) is 10.7. The zero-order valence-corrected chi connectivity index (χ0v) is 19.1. The summed E-state index contributed by atoms with van der Waals surface area (Å²) in [5.74, 6) is 0.680. The van der Waals surface area contributed by atoms with E-state index in [1.807, 2.05) is 0 Å². The van der Waals surface area contributed by atoms with Crippen LogP contribution in [0.5, 0.6) is 0 Å². The van der Waals surface area contributed by atoms with Crippen LogP contribution in [-0.4, -0.2) is 91.1 Å². The van der Waals surface area contributed by atoms with Crippen LogP contribution in [0.3, 0.4) is 0 Å². The Labute approximate surface area is 183 Å². The largest absolute Gasteiger partial charge is 0.466 e. The van der Waals surface area contributed by atoms with Crippen molar-refractivity contribution in [3.63, 3.8) is 0 Å². The highest BCUT2D eigenvalue weighted by molar-refractivity contribution is 8.14. The molecule has 5 N–H and O–H groups in total. The average Bonchev–Trinajstić information content (AvgIpc) is 2.67. The summed E-state index contributed by atoms with van der Waals surface area (Å²) in [5.41, 5.74) is -1.14. The van der Waals surface area contributed by atoms with Gasteiger partial charge in [-0.1, -0.05) is 42.6 Å². The first-order valence-electron chi connectivity index (χ1n) is 9.55. The minimum atomic E-state index is -4.82. The number of oxime groups is 1. The number of nitrogens with zero attached hydrogens (tertiary/aromatic N) is 1. The molecule has 0 aromatic heterocycles. The summed E-state index contributed by atoms with van der Waals surface area (Å²) >= 11 is 0.776. The van der Waals surface area contributed by atoms with Crippen molar-refractivity contribution in [2.24, 2.45) is 5.16 Å². The molecule has 178 valence electrons. The van der Waals surface area contributed by atoms with E-state index in [1.54, 1.807) is 6.26 Å². The minimum Gasteiger partial charge on any atom is -0.394 e. The lowest BCUT2D eigenvalue weighted by Gasteiger charge is -2.39. The van der Waals surface area contributed by atoms with E-state index in [9.17, 15) is 33.1 Å². The van der Waals surface area contributed by atoms with E-state index in [0.29, 0.717) is 12.2 Å². The standard InChI is InChI=1S/C16H31NO10S3/c1-29(22)9-7-5-3-2-4-6-8-12(17-27-30(23,24)25)28-16-15(21)14(20)13(19)11(10-18)26-16/h11,13-16,18-21H,2-10H2,1H3,(H,23,24,25)/b17-12+/t11-,13-,14+,15-,16+,29?/m1/s1. The van der Waals surface area contributed by atoms with Crippen molar-refractivity contribution in [3.8, 4) is 0 Å². The molecule has 0 spiro atoms. The zero-order valence-electron chi connectivity index (χ0n) is 16.7. The lowest BCUT2D eigenvalue weighted by atomic mass is 10.0. The summed E-state index contributed by atoms with van der Waals surface area (Å²) in [6, 6.07) is 0. The van der Waals surface area contributed by atoms with Gasteiger partial charge in [-0.2, -0.15) is 8.42 Å². The third-order valence-corrected chi connectivity index (χ3v) is 6.71. The first-order chi connectivity index (χ1) is 14.0. The number of ether oxygens (including phenoxy) is 1. The number of hydrogen-bond donors (Lipinski definition) is 5. The van der Waals surface area contributed by atoms with Crippen molar-refractivity contribution < 1.29 is 46.6 Å². The van der Waals surface area contributed by atoms with Crippen LogP contribution in [0.4, 0.5) is 0 Å². The molecule has 1 aliphatic rings. The molecule has 0 amide bonds. The molecule has 1 saturated heterocycles. The lowest BCUT2D eigenvalue weighted by Crippen LogP contribution is -2.57. The van der Waals surface area contributed by atoms with Gasteiger partial charge >= 0.3 is 10.4 Å². The van der Waals surface area contributed by atoms with Crippen LogP contribution in [0.25, 0.3) is 0 Å². The predicted octanol–water partition coefficient (Wildman–Crippen LogP) is -0.238. The van der Waals surface area contributed by atoms with E-state index in [0.717, 1.165) is 43.9 Å². The van der Waals surface area contributed by atoms with E-state index in [2.05, 4.69) is 9.44 Å². The van der Waals surface area contributed by atoms with E-state index in [4.69, 9.17) is 9.29 Å². The van der Waals surface area contributed by atoms with Crippen LogP contribution in [0.1, 0.15) is 44.9 Å². The molecular formula is C16H31NO10S3. The lowest BCUT2D eigenvalue weighted by molar-refractivity contribution is -0.205. The normalized spacial score (nSPS) is 29.0. The van der Waals surface area contributed by atoms with Gasteiger partial charge in [-0.25, -0.2) is 4.28 Å². The Morgan fingerprint density at radius 1 is 1.07 bits per heavy atom. The number of hydrogen-bond acceptors (Lipinski definition) is 11. The van der Waals surface area contributed by atoms with Crippen molar-refractivity contribution in [2.75, 3.05) is 18.6 Å². The number of unbranched alkanes of at least 4 members (excludes halogenated alkanes) is 5. The van der Waals surface area contributed by atoms with E-state index >= 15 is 0 Å². The van der Waals surface area contributed by atoms with Gasteiger partial charge in [0.15, 0.2) is 0 Å². The highest BCUT2D eigenvalue weighted by Crippen LogP contribution is 2.30. The Kier molecular flexibility index (Phi) is 12.9. The summed E-state index contributed by atoms with van der Waals surface area (Å²) in [6.45, 7) is -0.596. The maximum atomic E-state index is 11.0. The maximum Gasteiger partial charge on any atom is 0.466 e. The molecule has 1 heterocycles. The SMILES string of the molecule is CS(=O)CCCCCCCC/C(=N\OS(=O)(=O)O)S[C@@H]1O[C@H](CO)[C@@H](O)[C@H](O)[C@H]1O. The molecule has 0 radical (unpaired) electrons. The van der Waals surface area contributed by atoms with Gasteiger partial charge in [0, 0.05) is 22.8 Å². The van der Waals surface area contributed by atoms with Crippen molar-refractivity contribution in [2.45, 2.75) is 74.8 Å². The summed E-state index contributed by atoms with van der Waals surface area (Å²) in [7, 11) is -5.61. The molecule has 0 aliphatic carbocycles. The Bertz CT molecular complexity index is 658. The summed E-state index contributed by atoms with van der Waals surface area (Å²) < 4.78 is 50.8. The molecular weight excluding hydrogens is 462 g/mol. The van der Waals surface area contributed by atoms with Crippen LogP contribution < -0.4 is 0 Å². The third-order valence-electron chi connectivity index (χ3n) is 4.41. The first kappa shape index (κ1) is 27.7. The van der Waals surface area contributed by atoms with Gasteiger partial charge in [0.2, 0.25) is 0 Å². The molecule has 30 heavy (non-hydrogen) atoms. The molecule has 0 aromatic carbocycles. The number of aliphatic hydroxyl groups is 4. The monoisotopic (exact) mass is 493 g/mol. The van der Waals surface area contributed by atoms with Gasteiger partial charge in [0.1, 0.15) is 34.9 Å². The van der Waals surface area contributed by atoms with Crippen molar-refractivity contribution >= 4 is 38.0 Å². The topological polar surface area (TPSA) is 183 Å². The summed E-state index contributed by atoms with van der Waals surface area (Å²) in [4.78, 5) is 0. The second-order valence-electron chi connectivity index (χ2n) is 6.95. The van der Waals surface area contributed by atoms with Gasteiger partial charge in [0.05, 0.1) is 6.61 Å². The van der Waals surface area contributed by atoms with Gasteiger partial charge in [-0.3, -0.25) is 8.76 Å².